The molecule has 0 spiro atoms. The van der Waals surface area contributed by atoms with E-state index >= 15 is 0 Å². The van der Waals surface area contributed by atoms with Gasteiger partial charge >= 0.3 is 5.97 Å². The predicted molar refractivity (Wildman–Crippen MR) is 51.2 cm³/mol. The number of allylic oxidation sites excluding steroid dienone is 1. The molecule has 0 radical (unpaired) electrons. The second kappa shape index (κ2) is 4.13. The van der Waals surface area contributed by atoms with Crippen molar-refractivity contribution in [2.75, 3.05) is 0 Å². The minimum absolute atomic E-state index is 0.139. The summed E-state index contributed by atoms with van der Waals surface area (Å²) in [4.78, 5) is 11.1. The van der Waals surface area contributed by atoms with Gasteiger partial charge in [0.15, 0.2) is 0 Å². The zero-order valence-electron chi connectivity index (χ0n) is 7.86. The third-order valence-electron chi connectivity index (χ3n) is 2.15. The van der Waals surface area contributed by atoms with Gasteiger partial charge in [-0.05, 0) is 25.0 Å². The van der Waals surface area contributed by atoms with E-state index in [-0.39, 0.29) is 5.97 Å². The molecule has 2 heterocycles. The van der Waals surface area contributed by atoms with E-state index in [0.717, 1.165) is 25.0 Å². The Hall–Kier alpha value is -1.51. The first-order chi connectivity index (χ1) is 6.84. The maximum Gasteiger partial charge on any atom is 0.310 e. The third-order valence-corrected chi connectivity index (χ3v) is 2.15. The minimum atomic E-state index is -0.139. The summed E-state index contributed by atoms with van der Waals surface area (Å²) in [6.07, 6.45) is 6.63. The van der Waals surface area contributed by atoms with Gasteiger partial charge in [-0.25, -0.2) is 0 Å². The van der Waals surface area contributed by atoms with Crippen molar-refractivity contribution in [1.29, 1.82) is 0 Å². The SMILES string of the molecule is O=C1CCCC/C(=C/c2ccco2)O1. The predicted octanol–water partition coefficient (Wildman–Crippen LogP) is 2.74. The molecule has 0 amide bonds. The molecule has 14 heavy (non-hydrogen) atoms. The van der Waals surface area contributed by atoms with Crippen LogP contribution in [0.2, 0.25) is 0 Å². The number of carbonyl (C=O) groups excluding carboxylic acids is 1. The highest BCUT2D eigenvalue weighted by atomic mass is 16.5. The van der Waals surface area contributed by atoms with E-state index in [2.05, 4.69) is 0 Å². The fourth-order valence-electron chi connectivity index (χ4n) is 1.45. The first-order valence-corrected chi connectivity index (χ1v) is 4.79. The van der Waals surface area contributed by atoms with E-state index in [1.54, 1.807) is 12.3 Å². The molecule has 0 aromatic carbocycles. The lowest BCUT2D eigenvalue weighted by Crippen LogP contribution is -1.99. The molecule has 0 atom stereocenters. The zero-order chi connectivity index (χ0) is 9.80. The first-order valence-electron chi connectivity index (χ1n) is 4.79. The monoisotopic (exact) mass is 192 g/mol. The summed E-state index contributed by atoms with van der Waals surface area (Å²) in [6.45, 7) is 0. The number of cyclic esters (lactones) is 1. The van der Waals surface area contributed by atoms with Crippen molar-refractivity contribution >= 4 is 12.0 Å². The molecule has 0 saturated carbocycles. The zero-order valence-corrected chi connectivity index (χ0v) is 7.86. The van der Waals surface area contributed by atoms with Gasteiger partial charge in [0.1, 0.15) is 11.5 Å². The van der Waals surface area contributed by atoms with Crippen LogP contribution in [0.1, 0.15) is 31.4 Å². The van der Waals surface area contributed by atoms with Gasteiger partial charge in [0.25, 0.3) is 0 Å². The van der Waals surface area contributed by atoms with Gasteiger partial charge in [-0.1, -0.05) is 0 Å². The lowest BCUT2D eigenvalue weighted by atomic mass is 10.2. The van der Waals surface area contributed by atoms with Crippen molar-refractivity contribution < 1.29 is 13.9 Å². The van der Waals surface area contributed by atoms with Crippen LogP contribution in [-0.2, 0) is 9.53 Å². The Kier molecular flexibility index (Phi) is 2.68. The van der Waals surface area contributed by atoms with Crippen LogP contribution in [0.3, 0.4) is 0 Å². The van der Waals surface area contributed by atoms with Crippen molar-refractivity contribution in [2.24, 2.45) is 0 Å². The average Bonchev–Trinajstić information content (AvgIpc) is 2.56. The molecule has 1 fully saturated rings. The van der Waals surface area contributed by atoms with Crippen LogP contribution in [0.15, 0.2) is 28.6 Å². The molecule has 2 rings (SSSR count). The van der Waals surface area contributed by atoms with Crippen LogP contribution in [-0.4, -0.2) is 5.97 Å². The smallest absolute Gasteiger partial charge is 0.310 e. The Labute approximate surface area is 82.4 Å². The van der Waals surface area contributed by atoms with E-state index in [1.807, 2.05) is 12.1 Å². The number of ether oxygens (including phenoxy) is 1. The van der Waals surface area contributed by atoms with Crippen molar-refractivity contribution in [1.82, 2.24) is 0 Å². The summed E-state index contributed by atoms with van der Waals surface area (Å²) in [5.74, 6) is 1.30. The maximum absolute atomic E-state index is 11.1. The molecule has 1 aliphatic rings. The molecule has 1 saturated heterocycles. The molecule has 1 aliphatic heterocycles. The number of hydrogen-bond acceptors (Lipinski definition) is 3. The third kappa shape index (κ3) is 2.25. The minimum Gasteiger partial charge on any atom is -0.465 e. The summed E-state index contributed by atoms with van der Waals surface area (Å²) in [6, 6.07) is 3.65. The van der Waals surface area contributed by atoms with Crippen molar-refractivity contribution in [3.05, 3.63) is 29.9 Å². The highest BCUT2D eigenvalue weighted by Gasteiger charge is 2.12. The lowest BCUT2D eigenvalue weighted by Gasteiger charge is -2.01. The maximum atomic E-state index is 11.1. The highest BCUT2D eigenvalue weighted by molar-refractivity contribution is 5.71. The van der Waals surface area contributed by atoms with Crippen LogP contribution in [0, 0.1) is 0 Å². The molecule has 1 aromatic rings. The summed E-state index contributed by atoms with van der Waals surface area (Å²) < 4.78 is 10.3. The molecule has 0 bridgehead atoms. The van der Waals surface area contributed by atoms with Gasteiger partial charge in [-0.2, -0.15) is 0 Å². The van der Waals surface area contributed by atoms with Crippen LogP contribution >= 0.6 is 0 Å². The van der Waals surface area contributed by atoms with E-state index in [4.69, 9.17) is 9.15 Å². The van der Waals surface area contributed by atoms with Crippen LogP contribution in [0.25, 0.3) is 6.08 Å². The number of esters is 1. The van der Waals surface area contributed by atoms with E-state index < -0.39 is 0 Å². The van der Waals surface area contributed by atoms with Gasteiger partial charge in [-0.15, -0.1) is 0 Å². The van der Waals surface area contributed by atoms with Crippen LogP contribution in [0.5, 0.6) is 0 Å². The van der Waals surface area contributed by atoms with E-state index in [9.17, 15) is 4.79 Å². The van der Waals surface area contributed by atoms with Crippen molar-refractivity contribution in [3.8, 4) is 0 Å². The fourth-order valence-corrected chi connectivity index (χ4v) is 1.45. The molecular formula is C11H12O3. The molecule has 0 aliphatic carbocycles. The first kappa shape index (κ1) is 9.06. The Bertz CT molecular complexity index is 335. The van der Waals surface area contributed by atoms with E-state index in [0.29, 0.717) is 12.2 Å². The molecule has 1 aromatic heterocycles. The second-order valence-electron chi connectivity index (χ2n) is 3.31. The van der Waals surface area contributed by atoms with Crippen molar-refractivity contribution in [3.63, 3.8) is 0 Å². The topological polar surface area (TPSA) is 39.4 Å². The Balaban J connectivity index is 2.12. The highest BCUT2D eigenvalue weighted by Crippen LogP contribution is 2.19. The molecule has 74 valence electrons. The van der Waals surface area contributed by atoms with Gasteiger partial charge in [-0.3, -0.25) is 4.79 Å². The number of carbonyl (C=O) groups is 1. The molecule has 0 N–H and O–H groups in total. The van der Waals surface area contributed by atoms with Gasteiger partial charge in [0, 0.05) is 18.9 Å². The number of furan rings is 1. The second-order valence-corrected chi connectivity index (χ2v) is 3.31. The molecule has 3 heteroatoms. The molecule has 0 unspecified atom stereocenters. The van der Waals surface area contributed by atoms with Crippen molar-refractivity contribution in [2.45, 2.75) is 25.7 Å². The fraction of sp³-hybridized carbons (Fsp3) is 0.364. The van der Waals surface area contributed by atoms with Crippen LogP contribution in [0.4, 0.5) is 0 Å². The van der Waals surface area contributed by atoms with Crippen LogP contribution < -0.4 is 0 Å². The Morgan fingerprint density at radius 1 is 1.29 bits per heavy atom. The summed E-state index contributed by atoms with van der Waals surface area (Å²) >= 11 is 0. The number of rotatable bonds is 1. The summed E-state index contributed by atoms with van der Waals surface area (Å²) in [5, 5.41) is 0. The Morgan fingerprint density at radius 3 is 2.93 bits per heavy atom. The largest absolute Gasteiger partial charge is 0.465 e. The normalized spacial score (nSPS) is 20.6. The average molecular weight is 192 g/mol. The standard InChI is InChI=1S/C11H12O3/c12-11-6-2-1-4-10(14-11)8-9-5-3-7-13-9/h3,5,7-8H,1-2,4,6H2/b10-8-. The number of hydrogen-bond donors (Lipinski definition) is 0. The molecule has 3 nitrogen and oxygen atoms in total. The molecular weight excluding hydrogens is 180 g/mol. The summed E-state index contributed by atoms with van der Waals surface area (Å²) in [5.41, 5.74) is 0. The Morgan fingerprint density at radius 2 is 2.14 bits per heavy atom. The quantitative estimate of drug-likeness (QED) is 0.642. The summed E-state index contributed by atoms with van der Waals surface area (Å²) in [7, 11) is 0. The van der Waals surface area contributed by atoms with Gasteiger partial charge in [0.05, 0.1) is 6.26 Å². The van der Waals surface area contributed by atoms with Gasteiger partial charge < -0.3 is 9.15 Å². The van der Waals surface area contributed by atoms with E-state index in [1.165, 1.54) is 0 Å². The lowest BCUT2D eigenvalue weighted by molar-refractivity contribution is -0.138. The van der Waals surface area contributed by atoms with Gasteiger partial charge in [0.2, 0.25) is 0 Å².